The van der Waals surface area contributed by atoms with Crippen LogP contribution in [0.3, 0.4) is 0 Å². The second-order valence-electron chi connectivity index (χ2n) is 5.03. The summed E-state index contributed by atoms with van der Waals surface area (Å²) in [6.45, 7) is 2.02. The summed E-state index contributed by atoms with van der Waals surface area (Å²) in [6.07, 6.45) is 4.74. The maximum Gasteiger partial charge on any atom is 0.230 e. The second-order valence-corrected chi connectivity index (χ2v) is 5.03. The molecule has 0 aliphatic heterocycles. The lowest BCUT2D eigenvalue weighted by Gasteiger charge is -2.26. The molecule has 0 bridgehead atoms. The smallest absolute Gasteiger partial charge is 0.230 e. The summed E-state index contributed by atoms with van der Waals surface area (Å²) in [6, 6.07) is 4.33. The number of benzene rings is 1. The molecule has 1 aliphatic rings. The topological polar surface area (TPSA) is 55.1 Å². The minimum atomic E-state index is -0.479. The van der Waals surface area contributed by atoms with Gasteiger partial charge in [0.1, 0.15) is 5.82 Å². The first kappa shape index (κ1) is 12.9. The Kier molecular flexibility index (Phi) is 3.55. The van der Waals surface area contributed by atoms with Gasteiger partial charge in [-0.15, -0.1) is 0 Å². The van der Waals surface area contributed by atoms with Crippen LogP contribution in [-0.4, -0.2) is 5.91 Å². The van der Waals surface area contributed by atoms with Crippen molar-refractivity contribution in [3.63, 3.8) is 0 Å². The molecule has 0 saturated heterocycles. The van der Waals surface area contributed by atoms with Crippen molar-refractivity contribution in [2.75, 3.05) is 11.1 Å². The molecule has 2 rings (SSSR count). The number of nitrogen functional groups attached to an aromatic ring is 1. The fourth-order valence-electron chi connectivity index (χ4n) is 2.68. The number of amides is 1. The highest BCUT2D eigenvalue weighted by Crippen LogP contribution is 2.42. The molecular weight excluding hydrogens is 231 g/mol. The summed E-state index contributed by atoms with van der Waals surface area (Å²) >= 11 is 0. The number of anilines is 2. The molecule has 1 aromatic carbocycles. The van der Waals surface area contributed by atoms with Crippen molar-refractivity contribution < 1.29 is 9.18 Å². The molecular formula is C14H19FN2O. The Bertz CT molecular complexity index is 453. The van der Waals surface area contributed by atoms with E-state index in [1.807, 2.05) is 6.92 Å². The fourth-order valence-corrected chi connectivity index (χ4v) is 2.68. The Morgan fingerprint density at radius 2 is 2.11 bits per heavy atom. The average Bonchev–Trinajstić information content (AvgIpc) is 2.82. The average molecular weight is 250 g/mol. The molecule has 0 unspecified atom stereocenters. The second kappa shape index (κ2) is 4.96. The molecule has 1 amide bonds. The van der Waals surface area contributed by atoms with Gasteiger partial charge in [0.15, 0.2) is 0 Å². The highest BCUT2D eigenvalue weighted by Gasteiger charge is 2.39. The number of nitrogens with two attached hydrogens (primary N) is 1. The lowest BCUT2D eigenvalue weighted by molar-refractivity contribution is -0.125. The van der Waals surface area contributed by atoms with Gasteiger partial charge in [-0.05, 0) is 37.5 Å². The van der Waals surface area contributed by atoms with Crippen molar-refractivity contribution in [1.29, 1.82) is 0 Å². The van der Waals surface area contributed by atoms with Gasteiger partial charge in [0.2, 0.25) is 5.91 Å². The lowest BCUT2D eigenvalue weighted by Crippen LogP contribution is -2.33. The summed E-state index contributed by atoms with van der Waals surface area (Å²) < 4.78 is 13.6. The zero-order chi connectivity index (χ0) is 13.2. The van der Waals surface area contributed by atoms with E-state index in [4.69, 9.17) is 5.73 Å². The van der Waals surface area contributed by atoms with Crippen molar-refractivity contribution in [2.24, 2.45) is 5.41 Å². The van der Waals surface area contributed by atoms with Crippen LogP contribution in [0.1, 0.15) is 39.0 Å². The van der Waals surface area contributed by atoms with E-state index in [0.29, 0.717) is 5.69 Å². The van der Waals surface area contributed by atoms with E-state index < -0.39 is 5.82 Å². The Morgan fingerprint density at radius 1 is 1.44 bits per heavy atom. The van der Waals surface area contributed by atoms with Gasteiger partial charge in [0.05, 0.1) is 5.69 Å². The predicted octanol–water partition coefficient (Wildman–Crippen LogP) is 3.32. The number of nitrogens with one attached hydrogen (secondary N) is 1. The molecule has 0 aromatic heterocycles. The van der Waals surface area contributed by atoms with Crippen molar-refractivity contribution in [3.05, 3.63) is 24.0 Å². The van der Waals surface area contributed by atoms with Gasteiger partial charge in [0, 0.05) is 11.1 Å². The van der Waals surface area contributed by atoms with Gasteiger partial charge in [-0.3, -0.25) is 4.79 Å². The Balaban J connectivity index is 2.15. The van der Waals surface area contributed by atoms with Crippen LogP contribution in [0.25, 0.3) is 0 Å². The van der Waals surface area contributed by atoms with Crippen LogP contribution in [-0.2, 0) is 4.79 Å². The largest absolute Gasteiger partial charge is 0.399 e. The summed E-state index contributed by atoms with van der Waals surface area (Å²) in [5, 5.41) is 2.70. The van der Waals surface area contributed by atoms with Crippen molar-refractivity contribution in [2.45, 2.75) is 39.0 Å². The molecule has 0 radical (unpaired) electrons. The zero-order valence-electron chi connectivity index (χ0n) is 10.6. The van der Waals surface area contributed by atoms with E-state index in [-0.39, 0.29) is 17.0 Å². The summed E-state index contributed by atoms with van der Waals surface area (Å²) in [7, 11) is 0. The fraction of sp³-hybridized carbons (Fsp3) is 0.500. The summed E-state index contributed by atoms with van der Waals surface area (Å²) in [5.41, 5.74) is 5.74. The predicted molar refractivity (Wildman–Crippen MR) is 70.6 cm³/mol. The molecule has 1 saturated carbocycles. The lowest BCUT2D eigenvalue weighted by atomic mass is 9.82. The molecule has 3 nitrogen and oxygen atoms in total. The van der Waals surface area contributed by atoms with E-state index in [1.54, 1.807) is 6.07 Å². The first-order valence-corrected chi connectivity index (χ1v) is 6.44. The van der Waals surface area contributed by atoms with Gasteiger partial charge in [-0.2, -0.15) is 0 Å². The van der Waals surface area contributed by atoms with Crippen LogP contribution in [0.4, 0.5) is 15.8 Å². The van der Waals surface area contributed by atoms with Crippen LogP contribution < -0.4 is 11.1 Å². The van der Waals surface area contributed by atoms with Gasteiger partial charge in [-0.1, -0.05) is 19.8 Å². The summed E-state index contributed by atoms with van der Waals surface area (Å²) in [4.78, 5) is 12.3. The molecule has 3 N–H and O–H groups in total. The number of rotatable bonds is 3. The monoisotopic (exact) mass is 250 g/mol. The number of carbonyl (C=O) groups is 1. The Morgan fingerprint density at radius 3 is 2.67 bits per heavy atom. The summed E-state index contributed by atoms with van der Waals surface area (Å²) in [5.74, 6) is -0.543. The highest BCUT2D eigenvalue weighted by molar-refractivity contribution is 5.95. The van der Waals surface area contributed by atoms with E-state index in [1.165, 1.54) is 12.1 Å². The van der Waals surface area contributed by atoms with E-state index >= 15 is 0 Å². The van der Waals surface area contributed by atoms with Crippen molar-refractivity contribution >= 4 is 17.3 Å². The van der Waals surface area contributed by atoms with Crippen LogP contribution in [0.2, 0.25) is 0 Å². The highest BCUT2D eigenvalue weighted by atomic mass is 19.1. The SMILES string of the molecule is CCC1(C(=O)Nc2ccc(N)cc2F)CCCC1. The molecule has 98 valence electrons. The molecule has 0 atom stereocenters. The minimum Gasteiger partial charge on any atom is -0.399 e. The van der Waals surface area contributed by atoms with Crippen LogP contribution >= 0.6 is 0 Å². The van der Waals surface area contributed by atoms with E-state index in [2.05, 4.69) is 5.32 Å². The number of halogens is 1. The van der Waals surface area contributed by atoms with E-state index in [0.717, 1.165) is 32.1 Å². The molecule has 1 aliphatic carbocycles. The van der Waals surface area contributed by atoms with Crippen molar-refractivity contribution in [3.8, 4) is 0 Å². The first-order chi connectivity index (χ1) is 8.57. The van der Waals surface area contributed by atoms with Gasteiger partial charge in [-0.25, -0.2) is 4.39 Å². The molecule has 18 heavy (non-hydrogen) atoms. The third-order valence-corrected chi connectivity index (χ3v) is 3.96. The maximum absolute atomic E-state index is 13.6. The Labute approximate surface area is 107 Å². The molecule has 4 heteroatoms. The normalized spacial score (nSPS) is 17.7. The van der Waals surface area contributed by atoms with Gasteiger partial charge >= 0.3 is 0 Å². The van der Waals surface area contributed by atoms with Crippen LogP contribution in [0.5, 0.6) is 0 Å². The molecule has 0 spiro atoms. The molecule has 0 heterocycles. The quantitative estimate of drug-likeness (QED) is 0.808. The number of carbonyl (C=O) groups excluding carboxylic acids is 1. The number of hydrogen-bond acceptors (Lipinski definition) is 2. The molecule has 1 aromatic rings. The van der Waals surface area contributed by atoms with Crippen LogP contribution in [0.15, 0.2) is 18.2 Å². The zero-order valence-corrected chi connectivity index (χ0v) is 10.6. The van der Waals surface area contributed by atoms with Gasteiger partial charge in [0.25, 0.3) is 0 Å². The van der Waals surface area contributed by atoms with Crippen LogP contribution in [0, 0.1) is 11.2 Å². The standard InChI is InChI=1S/C14H19FN2O/c1-2-14(7-3-4-8-14)13(18)17-12-6-5-10(16)9-11(12)15/h5-6,9H,2-4,7-8,16H2,1H3,(H,17,18). The van der Waals surface area contributed by atoms with E-state index in [9.17, 15) is 9.18 Å². The molecule has 1 fully saturated rings. The third kappa shape index (κ3) is 2.33. The van der Waals surface area contributed by atoms with Gasteiger partial charge < -0.3 is 11.1 Å². The first-order valence-electron chi connectivity index (χ1n) is 6.44. The minimum absolute atomic E-state index is 0.0637. The number of hydrogen-bond donors (Lipinski definition) is 2. The van der Waals surface area contributed by atoms with Crippen molar-refractivity contribution in [1.82, 2.24) is 0 Å². The third-order valence-electron chi connectivity index (χ3n) is 3.96. The maximum atomic E-state index is 13.6. The Hall–Kier alpha value is -1.58.